The predicted octanol–water partition coefficient (Wildman–Crippen LogP) is 1.50. The Hall–Kier alpha value is -1.95. The van der Waals surface area contributed by atoms with Gasteiger partial charge in [0.25, 0.3) is 11.6 Å². The number of hydrogen-bond donors (Lipinski definition) is 1. The highest BCUT2D eigenvalue weighted by Gasteiger charge is 2.29. The maximum atomic E-state index is 12.4. The number of likely N-dealkylation sites (tertiary alicyclic amines) is 1. The number of nitro groups is 1. The molecule has 1 aliphatic heterocycles. The van der Waals surface area contributed by atoms with Gasteiger partial charge in [-0.1, -0.05) is 12.1 Å². The van der Waals surface area contributed by atoms with Crippen LogP contribution in [0.1, 0.15) is 28.8 Å². The summed E-state index contributed by atoms with van der Waals surface area (Å²) in [4.78, 5) is 24.4. The lowest BCUT2D eigenvalue weighted by molar-refractivity contribution is -0.385. The van der Waals surface area contributed by atoms with Crippen LogP contribution in [-0.4, -0.2) is 40.0 Å². The predicted molar refractivity (Wildman–Crippen MR) is 69.0 cm³/mol. The minimum absolute atomic E-state index is 0.126. The van der Waals surface area contributed by atoms with E-state index in [2.05, 4.69) is 0 Å². The van der Waals surface area contributed by atoms with E-state index < -0.39 is 11.0 Å². The molecule has 1 unspecified atom stereocenters. The number of nitrogens with zero attached hydrogens (tertiary/aromatic N) is 2. The molecule has 102 valence electrons. The van der Waals surface area contributed by atoms with Crippen LogP contribution in [0.4, 0.5) is 5.69 Å². The van der Waals surface area contributed by atoms with Gasteiger partial charge in [-0.15, -0.1) is 0 Å². The number of aliphatic hydroxyl groups excluding tert-OH is 1. The first-order chi connectivity index (χ1) is 9.00. The van der Waals surface area contributed by atoms with Crippen molar-refractivity contribution in [2.75, 3.05) is 13.1 Å². The highest BCUT2D eigenvalue weighted by molar-refractivity contribution is 5.99. The molecule has 2 rings (SSSR count). The number of β-amino-alcohol motifs (C(OH)–C–C–N with tert-alkyl or cyclic N) is 1. The molecule has 1 fully saturated rings. The van der Waals surface area contributed by atoms with Crippen molar-refractivity contribution in [2.45, 2.75) is 25.9 Å². The van der Waals surface area contributed by atoms with E-state index in [0.29, 0.717) is 24.9 Å². The van der Waals surface area contributed by atoms with E-state index in [-0.39, 0.29) is 23.7 Å². The van der Waals surface area contributed by atoms with Gasteiger partial charge in [-0.05, 0) is 25.3 Å². The summed E-state index contributed by atoms with van der Waals surface area (Å²) >= 11 is 0. The fourth-order valence-electron chi connectivity index (χ4n) is 2.38. The van der Waals surface area contributed by atoms with Gasteiger partial charge in [0.1, 0.15) is 5.56 Å². The molecule has 1 atom stereocenters. The second-order valence-electron chi connectivity index (χ2n) is 4.77. The van der Waals surface area contributed by atoms with Crippen molar-refractivity contribution in [1.29, 1.82) is 0 Å². The fraction of sp³-hybridized carbons (Fsp3) is 0.462. The second kappa shape index (κ2) is 5.36. The van der Waals surface area contributed by atoms with Crippen molar-refractivity contribution in [1.82, 2.24) is 4.90 Å². The summed E-state index contributed by atoms with van der Waals surface area (Å²) in [6.45, 7) is 2.45. The van der Waals surface area contributed by atoms with Gasteiger partial charge < -0.3 is 10.0 Å². The van der Waals surface area contributed by atoms with Gasteiger partial charge in [0, 0.05) is 19.2 Å². The number of amides is 1. The Morgan fingerprint density at radius 3 is 2.89 bits per heavy atom. The van der Waals surface area contributed by atoms with Crippen molar-refractivity contribution < 1.29 is 14.8 Å². The van der Waals surface area contributed by atoms with E-state index in [0.717, 1.165) is 0 Å². The largest absolute Gasteiger partial charge is 0.391 e. The van der Waals surface area contributed by atoms with Gasteiger partial charge in [-0.25, -0.2) is 0 Å². The molecule has 6 heteroatoms. The molecule has 0 saturated carbocycles. The summed E-state index contributed by atoms with van der Waals surface area (Å²) in [7, 11) is 0. The number of rotatable bonds is 2. The lowest BCUT2D eigenvalue weighted by Crippen LogP contribution is -2.42. The van der Waals surface area contributed by atoms with Gasteiger partial charge in [0.15, 0.2) is 0 Å². The minimum Gasteiger partial charge on any atom is -0.391 e. The van der Waals surface area contributed by atoms with Crippen LogP contribution in [0.5, 0.6) is 0 Å². The van der Waals surface area contributed by atoms with E-state index in [1.165, 1.54) is 11.0 Å². The number of carbonyl (C=O) groups is 1. The second-order valence-corrected chi connectivity index (χ2v) is 4.77. The van der Waals surface area contributed by atoms with Gasteiger partial charge in [-0.3, -0.25) is 14.9 Å². The maximum Gasteiger partial charge on any atom is 0.282 e. The molecular formula is C13H16N2O4. The molecule has 0 spiro atoms. The van der Waals surface area contributed by atoms with Crippen molar-refractivity contribution in [3.05, 3.63) is 39.4 Å². The zero-order valence-electron chi connectivity index (χ0n) is 10.7. The van der Waals surface area contributed by atoms with Gasteiger partial charge >= 0.3 is 0 Å². The first-order valence-corrected chi connectivity index (χ1v) is 6.22. The molecule has 0 aliphatic carbocycles. The van der Waals surface area contributed by atoms with Crippen LogP contribution in [0.25, 0.3) is 0 Å². The van der Waals surface area contributed by atoms with Crippen LogP contribution in [0, 0.1) is 17.0 Å². The molecule has 1 aliphatic rings. The summed E-state index contributed by atoms with van der Waals surface area (Å²) in [5.41, 5.74) is 0.533. The van der Waals surface area contributed by atoms with Crippen molar-refractivity contribution in [2.24, 2.45) is 0 Å². The quantitative estimate of drug-likeness (QED) is 0.648. The van der Waals surface area contributed by atoms with E-state index in [9.17, 15) is 20.0 Å². The zero-order chi connectivity index (χ0) is 14.0. The van der Waals surface area contributed by atoms with Crippen LogP contribution in [0.2, 0.25) is 0 Å². The molecule has 1 aromatic rings. The Balaban J connectivity index is 2.35. The molecule has 1 aromatic carbocycles. The first-order valence-electron chi connectivity index (χ1n) is 6.22. The molecule has 19 heavy (non-hydrogen) atoms. The highest BCUT2D eigenvalue weighted by Crippen LogP contribution is 2.25. The number of aryl methyl sites for hydroxylation is 1. The molecule has 0 aromatic heterocycles. The smallest absolute Gasteiger partial charge is 0.282 e. The van der Waals surface area contributed by atoms with E-state index in [4.69, 9.17) is 0 Å². The Bertz CT molecular complexity index is 515. The standard InChI is InChI=1S/C13H16N2O4/c1-9-4-2-6-11(15(18)19)12(9)13(17)14-7-3-5-10(16)8-14/h2,4,6,10,16H,3,5,7-8H2,1H3. The third-order valence-corrected chi connectivity index (χ3v) is 3.35. The average Bonchev–Trinajstić information content (AvgIpc) is 2.37. The Labute approximate surface area is 110 Å². The van der Waals surface area contributed by atoms with Crippen molar-refractivity contribution in [3.63, 3.8) is 0 Å². The molecule has 1 amide bonds. The van der Waals surface area contributed by atoms with Crippen molar-refractivity contribution in [3.8, 4) is 0 Å². The fourth-order valence-corrected chi connectivity index (χ4v) is 2.38. The minimum atomic E-state index is -0.541. The van der Waals surface area contributed by atoms with Gasteiger partial charge in [0.05, 0.1) is 11.0 Å². The highest BCUT2D eigenvalue weighted by atomic mass is 16.6. The number of nitro benzene ring substituents is 1. The lowest BCUT2D eigenvalue weighted by Gasteiger charge is -2.30. The maximum absolute atomic E-state index is 12.4. The molecule has 6 nitrogen and oxygen atoms in total. The molecule has 1 saturated heterocycles. The molecule has 1 N–H and O–H groups in total. The molecule has 1 heterocycles. The Morgan fingerprint density at radius 1 is 1.53 bits per heavy atom. The van der Waals surface area contributed by atoms with Crippen LogP contribution in [-0.2, 0) is 0 Å². The Morgan fingerprint density at radius 2 is 2.26 bits per heavy atom. The van der Waals surface area contributed by atoms with E-state index in [1.54, 1.807) is 19.1 Å². The lowest BCUT2D eigenvalue weighted by atomic mass is 10.0. The first kappa shape index (κ1) is 13.5. The number of aliphatic hydroxyl groups is 1. The zero-order valence-corrected chi connectivity index (χ0v) is 10.7. The summed E-state index contributed by atoms with van der Waals surface area (Å²) in [6, 6.07) is 4.58. The third-order valence-electron chi connectivity index (χ3n) is 3.35. The number of hydrogen-bond acceptors (Lipinski definition) is 4. The number of benzene rings is 1. The number of carbonyl (C=O) groups excluding carboxylic acids is 1. The summed E-state index contributed by atoms with van der Waals surface area (Å²) in [5, 5.41) is 20.6. The van der Waals surface area contributed by atoms with Crippen LogP contribution >= 0.6 is 0 Å². The third kappa shape index (κ3) is 2.73. The Kier molecular flexibility index (Phi) is 3.80. The average molecular weight is 264 g/mol. The topological polar surface area (TPSA) is 83.7 Å². The normalized spacial score (nSPS) is 19.3. The summed E-state index contributed by atoms with van der Waals surface area (Å²) in [6.07, 6.45) is 0.840. The van der Waals surface area contributed by atoms with Crippen LogP contribution in [0.3, 0.4) is 0 Å². The summed E-state index contributed by atoms with van der Waals surface area (Å²) < 4.78 is 0. The van der Waals surface area contributed by atoms with E-state index >= 15 is 0 Å². The molecule has 0 bridgehead atoms. The van der Waals surface area contributed by atoms with Crippen LogP contribution in [0.15, 0.2) is 18.2 Å². The molecular weight excluding hydrogens is 248 g/mol. The van der Waals surface area contributed by atoms with E-state index in [1.807, 2.05) is 0 Å². The molecule has 0 radical (unpaired) electrons. The number of piperidine rings is 1. The van der Waals surface area contributed by atoms with Crippen molar-refractivity contribution >= 4 is 11.6 Å². The van der Waals surface area contributed by atoms with Gasteiger partial charge in [0.2, 0.25) is 0 Å². The summed E-state index contributed by atoms with van der Waals surface area (Å²) in [5.74, 6) is -0.372. The SMILES string of the molecule is Cc1cccc([N+](=O)[O-])c1C(=O)N1CCCC(O)C1. The monoisotopic (exact) mass is 264 g/mol. The van der Waals surface area contributed by atoms with Gasteiger partial charge in [-0.2, -0.15) is 0 Å². The van der Waals surface area contributed by atoms with Crippen LogP contribution < -0.4 is 0 Å².